The van der Waals surface area contributed by atoms with Crippen LogP contribution in [0.15, 0.2) is 65.6 Å². The van der Waals surface area contributed by atoms with Gasteiger partial charge in [0.25, 0.3) is 11.7 Å². The molecule has 4 rings (SSSR count). The Morgan fingerprint density at radius 3 is 2.42 bits per heavy atom. The number of Topliss-reactive ketones (excluding diaryl/α,β-unsaturated/α-hetero) is 1. The molecule has 2 heterocycles. The van der Waals surface area contributed by atoms with Gasteiger partial charge in [-0.1, -0.05) is 6.07 Å². The highest BCUT2D eigenvalue weighted by Gasteiger charge is 2.47. The molecule has 6 nitrogen and oxygen atoms in total. The average Bonchev–Trinajstić information content (AvgIpc) is 3.42. The monoisotopic (exact) mass is 462 g/mol. The molecule has 1 unspecified atom stereocenters. The summed E-state index contributed by atoms with van der Waals surface area (Å²) >= 11 is 1.44. The number of aliphatic hydroxyl groups excluding tert-OH is 1. The molecule has 1 aliphatic rings. The minimum absolute atomic E-state index is 0.0858. The number of hydrogen-bond acceptors (Lipinski definition) is 6. The Morgan fingerprint density at radius 2 is 1.85 bits per heavy atom. The lowest BCUT2D eigenvalue weighted by atomic mass is 9.98. The van der Waals surface area contributed by atoms with E-state index >= 15 is 0 Å². The lowest BCUT2D eigenvalue weighted by molar-refractivity contribution is -0.132. The van der Waals surface area contributed by atoms with Crippen molar-refractivity contribution < 1.29 is 19.4 Å². The third-order valence-corrected chi connectivity index (χ3v) is 6.57. The third-order valence-electron chi connectivity index (χ3n) is 5.65. The summed E-state index contributed by atoms with van der Waals surface area (Å²) in [5.74, 6) is -0.833. The first kappa shape index (κ1) is 22.6. The molecule has 1 aromatic heterocycles. The van der Waals surface area contributed by atoms with Crippen molar-refractivity contribution in [3.05, 3.63) is 81.6 Å². The van der Waals surface area contributed by atoms with E-state index in [-0.39, 0.29) is 11.3 Å². The standard InChI is InChI=1S/C26H26N2O4S/c1-5-32-20-13-8-17(15-16(20)2)24(29)22-23(21-7-6-14-33-21)28(26(31)25(22)30)19-11-9-18(10-12-19)27(3)4/h6-15,23,29H,5H2,1-4H3/b24-22-. The second-order valence-corrected chi connectivity index (χ2v) is 8.99. The molecule has 0 radical (unpaired) electrons. The second-order valence-electron chi connectivity index (χ2n) is 8.01. The number of anilines is 2. The number of carbonyl (C=O) groups excluding carboxylic acids is 2. The van der Waals surface area contributed by atoms with Crippen molar-refractivity contribution in [1.29, 1.82) is 0 Å². The Balaban J connectivity index is 1.84. The van der Waals surface area contributed by atoms with Gasteiger partial charge >= 0.3 is 0 Å². The Bertz CT molecular complexity index is 1210. The zero-order chi connectivity index (χ0) is 23.7. The number of ketones is 1. The summed E-state index contributed by atoms with van der Waals surface area (Å²) in [7, 11) is 3.87. The molecule has 0 bridgehead atoms. The van der Waals surface area contributed by atoms with Gasteiger partial charge in [-0.25, -0.2) is 0 Å². The van der Waals surface area contributed by atoms with E-state index in [1.54, 1.807) is 18.2 Å². The number of carbonyl (C=O) groups is 2. The van der Waals surface area contributed by atoms with Gasteiger partial charge < -0.3 is 14.7 Å². The maximum atomic E-state index is 13.2. The second kappa shape index (κ2) is 9.11. The Hall–Kier alpha value is -3.58. The van der Waals surface area contributed by atoms with Crippen molar-refractivity contribution in [2.75, 3.05) is 30.5 Å². The number of hydrogen-bond donors (Lipinski definition) is 1. The van der Waals surface area contributed by atoms with Gasteiger partial charge in [-0.15, -0.1) is 11.3 Å². The van der Waals surface area contributed by atoms with E-state index in [1.165, 1.54) is 16.2 Å². The first-order valence-corrected chi connectivity index (χ1v) is 11.6. The van der Waals surface area contributed by atoms with Crippen LogP contribution in [-0.4, -0.2) is 37.5 Å². The molecule has 1 N–H and O–H groups in total. The van der Waals surface area contributed by atoms with Crippen molar-refractivity contribution >= 4 is 40.2 Å². The zero-order valence-electron chi connectivity index (χ0n) is 19.0. The van der Waals surface area contributed by atoms with E-state index in [0.29, 0.717) is 23.6 Å². The number of amides is 1. The summed E-state index contributed by atoms with van der Waals surface area (Å²) in [4.78, 5) is 30.6. The van der Waals surface area contributed by atoms with Crippen molar-refractivity contribution in [2.45, 2.75) is 19.9 Å². The maximum absolute atomic E-state index is 13.2. The van der Waals surface area contributed by atoms with Crippen LogP contribution in [0.3, 0.4) is 0 Å². The van der Waals surface area contributed by atoms with Crippen LogP contribution in [0.5, 0.6) is 5.75 Å². The van der Waals surface area contributed by atoms with E-state index in [4.69, 9.17) is 4.74 Å². The predicted molar refractivity (Wildman–Crippen MR) is 132 cm³/mol. The number of ether oxygens (including phenoxy) is 1. The molecule has 3 aromatic rings. The number of aliphatic hydroxyl groups is 1. The van der Waals surface area contributed by atoms with Crippen LogP contribution in [0.1, 0.15) is 29.0 Å². The average molecular weight is 463 g/mol. The molecule has 1 aliphatic heterocycles. The lowest BCUT2D eigenvalue weighted by Crippen LogP contribution is -2.29. The molecule has 1 saturated heterocycles. The van der Waals surface area contributed by atoms with Crippen LogP contribution in [0, 0.1) is 6.92 Å². The quantitative estimate of drug-likeness (QED) is 0.312. The molecule has 0 spiro atoms. The molecule has 7 heteroatoms. The zero-order valence-corrected chi connectivity index (χ0v) is 19.8. The normalized spacial score (nSPS) is 17.5. The van der Waals surface area contributed by atoms with Crippen molar-refractivity contribution in [1.82, 2.24) is 0 Å². The summed E-state index contributed by atoms with van der Waals surface area (Å²) in [6, 6.07) is 15.7. The summed E-state index contributed by atoms with van der Waals surface area (Å²) < 4.78 is 5.59. The van der Waals surface area contributed by atoms with Gasteiger partial charge in [0.1, 0.15) is 17.6 Å². The molecule has 2 aromatic carbocycles. The Kier molecular flexibility index (Phi) is 6.24. The maximum Gasteiger partial charge on any atom is 0.300 e. The van der Waals surface area contributed by atoms with Crippen LogP contribution in [0.25, 0.3) is 5.76 Å². The molecule has 170 valence electrons. The van der Waals surface area contributed by atoms with Crippen LogP contribution in [0.2, 0.25) is 0 Å². The largest absolute Gasteiger partial charge is 0.507 e. The van der Waals surface area contributed by atoms with E-state index in [1.807, 2.05) is 74.6 Å². The highest BCUT2D eigenvalue weighted by Crippen LogP contribution is 2.44. The van der Waals surface area contributed by atoms with E-state index < -0.39 is 17.7 Å². The van der Waals surface area contributed by atoms with E-state index in [0.717, 1.165) is 16.1 Å². The highest BCUT2D eigenvalue weighted by molar-refractivity contribution is 7.10. The van der Waals surface area contributed by atoms with Gasteiger partial charge in [-0.3, -0.25) is 14.5 Å². The fraction of sp³-hybridized carbons (Fsp3) is 0.231. The molecular weight excluding hydrogens is 436 g/mol. The minimum Gasteiger partial charge on any atom is -0.507 e. The van der Waals surface area contributed by atoms with Crippen molar-refractivity contribution in [3.8, 4) is 5.75 Å². The molecule has 33 heavy (non-hydrogen) atoms. The SMILES string of the molecule is CCOc1ccc(/C(O)=C2/C(=O)C(=O)N(c3ccc(N(C)C)cc3)C2c2cccs2)cc1C. The molecule has 1 amide bonds. The van der Waals surface area contributed by atoms with Gasteiger partial charge in [0, 0.05) is 35.9 Å². The molecular formula is C26H26N2O4S. The summed E-state index contributed by atoms with van der Waals surface area (Å²) in [5.41, 5.74) is 2.97. The van der Waals surface area contributed by atoms with Gasteiger partial charge in [-0.05, 0) is 73.3 Å². The smallest absolute Gasteiger partial charge is 0.300 e. The van der Waals surface area contributed by atoms with Gasteiger partial charge in [0.2, 0.25) is 0 Å². The Labute approximate surface area is 197 Å². The number of aryl methyl sites for hydroxylation is 1. The van der Waals surface area contributed by atoms with Gasteiger partial charge in [0.05, 0.1) is 12.2 Å². The molecule has 0 aliphatic carbocycles. The molecule has 1 fully saturated rings. The minimum atomic E-state index is -0.706. The Morgan fingerprint density at radius 1 is 1.12 bits per heavy atom. The summed E-state index contributed by atoms with van der Waals surface area (Å²) in [6.07, 6.45) is 0. The first-order valence-electron chi connectivity index (χ1n) is 10.7. The van der Waals surface area contributed by atoms with E-state index in [9.17, 15) is 14.7 Å². The molecule has 0 saturated carbocycles. The summed E-state index contributed by atoms with van der Waals surface area (Å²) in [5, 5.41) is 13.1. The number of thiophene rings is 1. The topological polar surface area (TPSA) is 70.1 Å². The van der Waals surface area contributed by atoms with Crippen LogP contribution in [-0.2, 0) is 9.59 Å². The fourth-order valence-electron chi connectivity index (χ4n) is 4.00. The highest BCUT2D eigenvalue weighted by atomic mass is 32.1. The number of benzene rings is 2. The van der Waals surface area contributed by atoms with Crippen LogP contribution in [0.4, 0.5) is 11.4 Å². The number of rotatable bonds is 6. The van der Waals surface area contributed by atoms with Gasteiger partial charge in [-0.2, -0.15) is 0 Å². The fourth-order valence-corrected chi connectivity index (χ4v) is 4.82. The number of nitrogens with zero attached hydrogens (tertiary/aromatic N) is 2. The predicted octanol–water partition coefficient (Wildman–Crippen LogP) is 5.15. The van der Waals surface area contributed by atoms with E-state index in [2.05, 4.69) is 0 Å². The van der Waals surface area contributed by atoms with Crippen LogP contribution >= 0.6 is 11.3 Å². The molecule has 1 atom stereocenters. The van der Waals surface area contributed by atoms with Crippen molar-refractivity contribution in [3.63, 3.8) is 0 Å². The van der Waals surface area contributed by atoms with Crippen molar-refractivity contribution in [2.24, 2.45) is 0 Å². The lowest BCUT2D eigenvalue weighted by Gasteiger charge is -2.25. The van der Waals surface area contributed by atoms with Crippen LogP contribution < -0.4 is 14.5 Å². The summed E-state index contributed by atoms with van der Waals surface area (Å²) in [6.45, 7) is 4.31. The van der Waals surface area contributed by atoms with Gasteiger partial charge in [0.15, 0.2) is 0 Å². The third kappa shape index (κ3) is 4.12. The first-order chi connectivity index (χ1) is 15.8.